The number of pyridine rings is 1. The number of nitrogens with one attached hydrogen (secondary N) is 1. The van der Waals surface area contributed by atoms with Gasteiger partial charge in [-0.1, -0.05) is 18.7 Å². The van der Waals surface area contributed by atoms with Gasteiger partial charge in [0.25, 0.3) is 0 Å². The summed E-state index contributed by atoms with van der Waals surface area (Å²) in [6.45, 7) is 3.32. The number of rotatable bonds is 7. The Kier molecular flexibility index (Phi) is 6.77. The summed E-state index contributed by atoms with van der Waals surface area (Å²) in [7, 11) is -3.95. The Bertz CT molecular complexity index is 1050. The summed E-state index contributed by atoms with van der Waals surface area (Å²) in [6, 6.07) is 6.70. The number of carbonyl (C=O) groups excluding carboxylic acids is 1. The predicted molar refractivity (Wildman–Crippen MR) is 105 cm³/mol. The molecule has 1 aliphatic heterocycles. The third-order valence-electron chi connectivity index (χ3n) is 4.72. The number of hydrogen-bond donors (Lipinski definition) is 1. The van der Waals surface area contributed by atoms with Crippen LogP contribution in [-0.4, -0.2) is 49.4 Å². The Morgan fingerprint density at radius 3 is 2.71 bits per heavy atom. The maximum absolute atomic E-state index is 12.9. The number of amides is 1. The Morgan fingerprint density at radius 1 is 1.29 bits per heavy atom. The Labute approximate surface area is 177 Å². The molecule has 2 atom stereocenters. The van der Waals surface area contributed by atoms with Gasteiger partial charge in [0.1, 0.15) is 4.90 Å². The van der Waals surface area contributed by atoms with Crippen LogP contribution in [0.5, 0.6) is 0 Å². The van der Waals surface area contributed by atoms with Crippen LogP contribution < -0.4 is 4.72 Å². The number of nitrogens with zero attached hydrogens (tertiary/aromatic N) is 2. The highest BCUT2D eigenvalue weighted by Crippen LogP contribution is 2.30. The Balaban J connectivity index is 1.76. The molecule has 31 heavy (non-hydrogen) atoms. The van der Waals surface area contributed by atoms with Crippen molar-refractivity contribution in [1.82, 2.24) is 14.6 Å². The van der Waals surface area contributed by atoms with E-state index in [2.05, 4.69) is 16.3 Å². The molecule has 0 spiro atoms. The zero-order chi connectivity index (χ0) is 22.6. The molecule has 1 amide bonds. The van der Waals surface area contributed by atoms with Crippen molar-refractivity contribution in [2.75, 3.05) is 13.1 Å². The van der Waals surface area contributed by atoms with Crippen molar-refractivity contribution in [1.29, 1.82) is 0 Å². The molecule has 2 heterocycles. The smallest absolute Gasteiger partial charge is 0.370 e. The van der Waals surface area contributed by atoms with E-state index in [9.17, 15) is 26.4 Å². The van der Waals surface area contributed by atoms with Crippen molar-refractivity contribution in [3.05, 3.63) is 72.6 Å². The predicted octanol–water partition coefficient (Wildman–Crippen LogP) is 2.36. The van der Waals surface area contributed by atoms with Crippen molar-refractivity contribution in [2.45, 2.75) is 29.8 Å². The second-order valence-electron chi connectivity index (χ2n) is 6.91. The molecule has 1 saturated heterocycles. The van der Waals surface area contributed by atoms with E-state index in [1.54, 1.807) is 0 Å². The molecule has 7 nitrogen and oxygen atoms in total. The van der Waals surface area contributed by atoms with Gasteiger partial charge in [0.05, 0.1) is 24.3 Å². The molecule has 1 aromatic carbocycles. The number of carbonyl (C=O) groups is 1. The van der Waals surface area contributed by atoms with E-state index in [0.717, 1.165) is 18.2 Å². The zero-order valence-corrected chi connectivity index (χ0v) is 17.1. The molecule has 3 rings (SSSR count). The van der Waals surface area contributed by atoms with Gasteiger partial charge in [-0.05, 0) is 35.9 Å². The minimum atomic E-state index is -4.49. The molecule has 1 aliphatic rings. The van der Waals surface area contributed by atoms with E-state index >= 15 is 0 Å². The molecular weight excluding hydrogens is 435 g/mol. The fourth-order valence-corrected chi connectivity index (χ4v) is 4.40. The quantitative estimate of drug-likeness (QED) is 0.648. The van der Waals surface area contributed by atoms with Gasteiger partial charge in [0.15, 0.2) is 0 Å². The molecule has 11 heteroatoms. The van der Waals surface area contributed by atoms with Gasteiger partial charge in [0, 0.05) is 25.5 Å². The molecule has 0 aliphatic carbocycles. The number of halogens is 3. The molecule has 1 fully saturated rings. The number of benzene rings is 1. The van der Waals surface area contributed by atoms with Crippen LogP contribution in [0, 0.1) is 0 Å². The molecule has 1 aromatic heterocycles. The summed E-state index contributed by atoms with van der Waals surface area (Å²) in [5, 5.41) is 0. The molecule has 0 radical (unpaired) electrons. The molecular formula is C20H20F3N3O4S. The number of aromatic nitrogens is 1. The third-order valence-corrected chi connectivity index (χ3v) is 6.20. The fourth-order valence-electron chi connectivity index (χ4n) is 3.18. The zero-order valence-electron chi connectivity index (χ0n) is 16.2. The minimum absolute atomic E-state index is 0.0254. The number of sulfonamides is 1. The van der Waals surface area contributed by atoms with Gasteiger partial charge in [-0.3, -0.25) is 9.78 Å². The summed E-state index contributed by atoms with van der Waals surface area (Å²) in [5.74, 6) is -0.407. The highest BCUT2D eigenvalue weighted by atomic mass is 32.2. The maximum Gasteiger partial charge on any atom is 0.416 e. The SMILES string of the molecule is C=CC(=O)N1C[C@@H](NS(=O)(=O)c2cccnc2)[C@H](OCc2cccc(C(F)(F)F)c2)C1. The first-order valence-electron chi connectivity index (χ1n) is 9.21. The number of likely N-dealkylation sites (tertiary alicyclic amines) is 1. The molecule has 0 bridgehead atoms. The van der Waals surface area contributed by atoms with Crippen LogP contribution in [0.1, 0.15) is 11.1 Å². The highest BCUT2D eigenvalue weighted by molar-refractivity contribution is 7.89. The second-order valence-corrected chi connectivity index (χ2v) is 8.63. The molecule has 0 saturated carbocycles. The second kappa shape index (κ2) is 9.16. The third kappa shape index (κ3) is 5.69. The Morgan fingerprint density at radius 2 is 2.06 bits per heavy atom. The fraction of sp³-hybridized carbons (Fsp3) is 0.300. The van der Waals surface area contributed by atoms with Crippen LogP contribution in [0.25, 0.3) is 0 Å². The van der Waals surface area contributed by atoms with Crippen molar-refractivity contribution < 1.29 is 31.1 Å². The molecule has 2 aromatic rings. The lowest BCUT2D eigenvalue weighted by Crippen LogP contribution is -2.44. The van der Waals surface area contributed by atoms with Crippen molar-refractivity contribution >= 4 is 15.9 Å². The number of alkyl halides is 3. The van der Waals surface area contributed by atoms with Gasteiger partial charge in [0.2, 0.25) is 15.9 Å². The van der Waals surface area contributed by atoms with E-state index in [1.165, 1.54) is 41.6 Å². The van der Waals surface area contributed by atoms with Crippen LogP contribution in [-0.2, 0) is 32.3 Å². The average molecular weight is 455 g/mol. The van der Waals surface area contributed by atoms with Crippen LogP contribution in [0.2, 0.25) is 0 Å². The first-order chi connectivity index (χ1) is 14.6. The molecule has 1 N–H and O–H groups in total. The summed E-state index contributed by atoms with van der Waals surface area (Å²) in [4.78, 5) is 17.1. The summed E-state index contributed by atoms with van der Waals surface area (Å²) < 4.78 is 72.3. The topological polar surface area (TPSA) is 88.6 Å². The minimum Gasteiger partial charge on any atom is -0.370 e. The van der Waals surface area contributed by atoms with Crippen LogP contribution in [0.4, 0.5) is 13.2 Å². The van der Waals surface area contributed by atoms with E-state index < -0.39 is 39.8 Å². The van der Waals surface area contributed by atoms with E-state index in [0.29, 0.717) is 0 Å². The molecule has 0 unspecified atom stereocenters. The van der Waals surface area contributed by atoms with Gasteiger partial charge < -0.3 is 9.64 Å². The van der Waals surface area contributed by atoms with Gasteiger partial charge in [-0.2, -0.15) is 13.2 Å². The normalized spacial score (nSPS) is 19.4. The summed E-state index contributed by atoms with van der Waals surface area (Å²) in [6.07, 6.45) is -1.55. The largest absolute Gasteiger partial charge is 0.416 e. The lowest BCUT2D eigenvalue weighted by atomic mass is 10.1. The van der Waals surface area contributed by atoms with E-state index in [-0.39, 0.29) is 30.2 Å². The van der Waals surface area contributed by atoms with Crippen molar-refractivity contribution in [3.8, 4) is 0 Å². The number of ether oxygens (including phenoxy) is 1. The Hall–Kier alpha value is -2.76. The summed E-state index contributed by atoms with van der Waals surface area (Å²) >= 11 is 0. The van der Waals surface area contributed by atoms with Crippen LogP contribution in [0.3, 0.4) is 0 Å². The maximum atomic E-state index is 12.9. The average Bonchev–Trinajstić information content (AvgIpc) is 3.14. The first-order valence-corrected chi connectivity index (χ1v) is 10.7. The lowest BCUT2D eigenvalue weighted by Gasteiger charge is -2.20. The van der Waals surface area contributed by atoms with E-state index in [4.69, 9.17) is 4.74 Å². The lowest BCUT2D eigenvalue weighted by molar-refractivity contribution is -0.137. The van der Waals surface area contributed by atoms with Gasteiger partial charge in [-0.25, -0.2) is 13.1 Å². The van der Waals surface area contributed by atoms with Crippen molar-refractivity contribution in [2.24, 2.45) is 0 Å². The van der Waals surface area contributed by atoms with Crippen LogP contribution >= 0.6 is 0 Å². The summed E-state index contributed by atoms with van der Waals surface area (Å²) in [5.41, 5.74) is -0.533. The van der Waals surface area contributed by atoms with Gasteiger partial charge >= 0.3 is 6.18 Å². The standard InChI is InChI=1S/C20H20F3N3O4S/c1-2-19(27)26-11-17(25-31(28,29)16-7-4-8-24-10-16)18(12-26)30-13-14-5-3-6-15(9-14)20(21,22)23/h2-10,17-18,25H,1,11-13H2/t17-,18-/m1/s1. The monoisotopic (exact) mass is 455 g/mol. The highest BCUT2D eigenvalue weighted by Gasteiger charge is 2.38. The van der Waals surface area contributed by atoms with Gasteiger partial charge in [-0.15, -0.1) is 0 Å². The van der Waals surface area contributed by atoms with E-state index in [1.807, 2.05) is 0 Å². The van der Waals surface area contributed by atoms with Crippen LogP contribution in [0.15, 0.2) is 66.3 Å². The molecule has 166 valence electrons. The number of hydrogen-bond acceptors (Lipinski definition) is 5. The first kappa shape index (κ1) is 22.9. The van der Waals surface area contributed by atoms with Crippen molar-refractivity contribution in [3.63, 3.8) is 0 Å².